The van der Waals surface area contributed by atoms with Gasteiger partial charge in [-0.2, -0.15) is 0 Å². The maximum absolute atomic E-state index is 12.2. The zero-order valence-corrected chi connectivity index (χ0v) is 15.3. The second-order valence-corrected chi connectivity index (χ2v) is 6.32. The fraction of sp³-hybridized carbons (Fsp3) is 0.579. The van der Waals surface area contributed by atoms with Gasteiger partial charge in [0, 0.05) is 31.1 Å². The van der Waals surface area contributed by atoms with Crippen LogP contribution in [0, 0.1) is 0 Å². The molecule has 1 aliphatic heterocycles. The van der Waals surface area contributed by atoms with Crippen molar-refractivity contribution < 1.29 is 19.1 Å². The summed E-state index contributed by atoms with van der Waals surface area (Å²) in [5.41, 5.74) is 0.587. The van der Waals surface area contributed by atoms with E-state index in [9.17, 15) is 9.59 Å². The molecule has 0 unspecified atom stereocenters. The molecule has 1 amide bonds. The predicted octanol–water partition coefficient (Wildman–Crippen LogP) is 2.27. The molecule has 0 aromatic heterocycles. The first-order valence-corrected chi connectivity index (χ1v) is 8.82. The van der Waals surface area contributed by atoms with Crippen LogP contribution >= 0.6 is 0 Å². The SMILES string of the molecule is CNC1CCN(C(=O)CCCOc2ccc(C(C)=O)cc2OC)CC1. The monoisotopic (exact) mass is 348 g/mol. The number of likely N-dealkylation sites (tertiary alicyclic amines) is 1. The molecular formula is C19H28N2O4. The number of carbonyl (C=O) groups excluding carboxylic acids is 2. The average Bonchev–Trinajstić information content (AvgIpc) is 2.64. The fourth-order valence-corrected chi connectivity index (χ4v) is 2.99. The van der Waals surface area contributed by atoms with E-state index < -0.39 is 0 Å². The lowest BCUT2D eigenvalue weighted by Crippen LogP contribution is -2.43. The van der Waals surface area contributed by atoms with Gasteiger partial charge in [0.1, 0.15) is 0 Å². The second kappa shape index (κ2) is 9.42. The number of methoxy groups -OCH3 is 1. The summed E-state index contributed by atoms with van der Waals surface area (Å²) in [6.07, 6.45) is 3.16. The molecule has 0 atom stereocenters. The van der Waals surface area contributed by atoms with E-state index in [1.807, 2.05) is 11.9 Å². The smallest absolute Gasteiger partial charge is 0.222 e. The number of ether oxygens (including phenoxy) is 2. The maximum atomic E-state index is 12.2. The molecule has 1 fully saturated rings. The van der Waals surface area contributed by atoms with Gasteiger partial charge in [0.05, 0.1) is 13.7 Å². The van der Waals surface area contributed by atoms with E-state index in [1.165, 1.54) is 6.92 Å². The van der Waals surface area contributed by atoms with Crippen molar-refractivity contribution in [2.24, 2.45) is 0 Å². The minimum Gasteiger partial charge on any atom is -0.493 e. The van der Waals surface area contributed by atoms with E-state index in [-0.39, 0.29) is 11.7 Å². The highest BCUT2D eigenvalue weighted by Crippen LogP contribution is 2.28. The number of ketones is 1. The zero-order chi connectivity index (χ0) is 18.2. The largest absolute Gasteiger partial charge is 0.493 e. The highest BCUT2D eigenvalue weighted by Gasteiger charge is 2.21. The van der Waals surface area contributed by atoms with Gasteiger partial charge in [-0.25, -0.2) is 0 Å². The van der Waals surface area contributed by atoms with E-state index in [0.717, 1.165) is 25.9 Å². The highest BCUT2D eigenvalue weighted by atomic mass is 16.5. The van der Waals surface area contributed by atoms with Crippen LogP contribution in [0.3, 0.4) is 0 Å². The molecule has 0 aliphatic carbocycles. The molecule has 6 heteroatoms. The minimum atomic E-state index is -0.0162. The van der Waals surface area contributed by atoms with Crippen LogP contribution < -0.4 is 14.8 Å². The van der Waals surface area contributed by atoms with Gasteiger partial charge >= 0.3 is 0 Å². The van der Waals surface area contributed by atoms with Crippen molar-refractivity contribution in [2.45, 2.75) is 38.6 Å². The van der Waals surface area contributed by atoms with Gasteiger partial charge in [0.15, 0.2) is 17.3 Å². The molecule has 1 aliphatic rings. The molecule has 138 valence electrons. The van der Waals surface area contributed by atoms with E-state index in [2.05, 4.69) is 5.32 Å². The zero-order valence-electron chi connectivity index (χ0n) is 15.3. The quantitative estimate of drug-likeness (QED) is 0.577. The Morgan fingerprint density at radius 3 is 2.56 bits per heavy atom. The third-order valence-corrected chi connectivity index (χ3v) is 4.62. The van der Waals surface area contributed by atoms with Gasteiger partial charge in [0.25, 0.3) is 0 Å². The van der Waals surface area contributed by atoms with Gasteiger partial charge in [0.2, 0.25) is 5.91 Å². The molecule has 1 aromatic rings. The van der Waals surface area contributed by atoms with Crippen LogP contribution in [-0.4, -0.2) is 56.5 Å². The highest BCUT2D eigenvalue weighted by molar-refractivity contribution is 5.94. The molecule has 6 nitrogen and oxygen atoms in total. The van der Waals surface area contributed by atoms with Crippen molar-refractivity contribution in [1.82, 2.24) is 10.2 Å². The third-order valence-electron chi connectivity index (χ3n) is 4.62. The Bertz CT molecular complexity index is 595. The average molecular weight is 348 g/mol. The summed E-state index contributed by atoms with van der Waals surface area (Å²) in [7, 11) is 3.52. The molecule has 2 rings (SSSR count). The van der Waals surface area contributed by atoms with Crippen LogP contribution in [0.5, 0.6) is 11.5 Å². The number of nitrogens with one attached hydrogen (secondary N) is 1. The van der Waals surface area contributed by atoms with E-state index >= 15 is 0 Å². The summed E-state index contributed by atoms with van der Waals surface area (Å²) in [5.74, 6) is 1.30. The standard InChI is InChI=1S/C19H28N2O4/c1-14(22)15-6-7-17(18(13-15)24-3)25-12-4-5-19(23)21-10-8-16(20-2)9-11-21/h6-7,13,16,20H,4-5,8-12H2,1-3H3. The Hall–Kier alpha value is -2.08. The van der Waals surface area contributed by atoms with Crippen molar-refractivity contribution >= 4 is 11.7 Å². The third kappa shape index (κ3) is 5.46. The van der Waals surface area contributed by atoms with E-state index in [0.29, 0.717) is 42.6 Å². The number of benzene rings is 1. The Labute approximate surface area is 149 Å². The van der Waals surface area contributed by atoms with Gasteiger partial charge in [-0.15, -0.1) is 0 Å². The molecule has 25 heavy (non-hydrogen) atoms. The number of piperidine rings is 1. The topological polar surface area (TPSA) is 67.9 Å². The number of hydrogen-bond acceptors (Lipinski definition) is 5. The Morgan fingerprint density at radius 1 is 1.24 bits per heavy atom. The molecule has 1 aromatic carbocycles. The van der Waals surface area contributed by atoms with Crippen LogP contribution in [-0.2, 0) is 4.79 Å². The van der Waals surface area contributed by atoms with Crippen LogP contribution in [0.25, 0.3) is 0 Å². The number of carbonyl (C=O) groups is 2. The Morgan fingerprint density at radius 2 is 1.96 bits per heavy atom. The lowest BCUT2D eigenvalue weighted by Gasteiger charge is -2.31. The number of amides is 1. The molecule has 0 radical (unpaired) electrons. The molecule has 0 saturated carbocycles. The van der Waals surface area contributed by atoms with Crippen LogP contribution in [0.1, 0.15) is 43.0 Å². The van der Waals surface area contributed by atoms with Crippen molar-refractivity contribution in [2.75, 3.05) is 33.9 Å². The van der Waals surface area contributed by atoms with Crippen molar-refractivity contribution in [3.63, 3.8) is 0 Å². The number of hydrogen-bond donors (Lipinski definition) is 1. The summed E-state index contributed by atoms with van der Waals surface area (Å²) in [5, 5.41) is 3.26. The second-order valence-electron chi connectivity index (χ2n) is 6.32. The lowest BCUT2D eigenvalue weighted by atomic mass is 10.0. The van der Waals surface area contributed by atoms with Crippen LogP contribution in [0.15, 0.2) is 18.2 Å². The van der Waals surface area contributed by atoms with Gasteiger partial charge < -0.3 is 19.7 Å². The molecule has 1 heterocycles. The van der Waals surface area contributed by atoms with E-state index in [4.69, 9.17) is 9.47 Å². The van der Waals surface area contributed by atoms with Gasteiger partial charge in [-0.1, -0.05) is 0 Å². The molecule has 1 N–H and O–H groups in total. The first-order valence-electron chi connectivity index (χ1n) is 8.82. The summed E-state index contributed by atoms with van der Waals surface area (Å²) < 4.78 is 11.0. The minimum absolute atomic E-state index is 0.0162. The predicted molar refractivity (Wildman–Crippen MR) is 96.4 cm³/mol. The van der Waals surface area contributed by atoms with Gasteiger partial charge in [-0.3, -0.25) is 9.59 Å². The lowest BCUT2D eigenvalue weighted by molar-refractivity contribution is -0.132. The van der Waals surface area contributed by atoms with Crippen molar-refractivity contribution in [3.05, 3.63) is 23.8 Å². The molecule has 1 saturated heterocycles. The first-order chi connectivity index (χ1) is 12.0. The van der Waals surface area contributed by atoms with Crippen molar-refractivity contribution in [1.29, 1.82) is 0 Å². The summed E-state index contributed by atoms with van der Waals surface area (Å²) in [6.45, 7) is 3.60. The molecule has 0 bridgehead atoms. The maximum Gasteiger partial charge on any atom is 0.222 e. The Kier molecular flexibility index (Phi) is 7.25. The first kappa shape index (κ1) is 19.2. The number of nitrogens with zero attached hydrogens (tertiary/aromatic N) is 1. The number of rotatable bonds is 8. The summed E-state index contributed by atoms with van der Waals surface area (Å²) >= 11 is 0. The summed E-state index contributed by atoms with van der Waals surface area (Å²) in [6, 6.07) is 5.66. The number of Topliss-reactive ketones (excluding diaryl/α,β-unsaturated/α-hetero) is 1. The van der Waals surface area contributed by atoms with Crippen LogP contribution in [0.2, 0.25) is 0 Å². The summed E-state index contributed by atoms with van der Waals surface area (Å²) in [4.78, 5) is 25.6. The molecule has 0 spiro atoms. The van der Waals surface area contributed by atoms with Crippen molar-refractivity contribution in [3.8, 4) is 11.5 Å². The van der Waals surface area contributed by atoms with Gasteiger partial charge in [-0.05, 0) is 51.4 Å². The van der Waals surface area contributed by atoms with Crippen LogP contribution in [0.4, 0.5) is 0 Å². The fourth-order valence-electron chi connectivity index (χ4n) is 2.99. The molecular weight excluding hydrogens is 320 g/mol. The Balaban J connectivity index is 1.75. The normalized spacial score (nSPS) is 15.1. The van der Waals surface area contributed by atoms with E-state index in [1.54, 1.807) is 25.3 Å².